The second-order valence-electron chi connectivity index (χ2n) is 5.92. The van der Waals surface area contributed by atoms with Crippen molar-refractivity contribution >= 4 is 28.8 Å². The van der Waals surface area contributed by atoms with Gasteiger partial charge in [-0.3, -0.25) is 14.8 Å². The van der Waals surface area contributed by atoms with Crippen LogP contribution in [0.2, 0.25) is 0 Å². The minimum absolute atomic E-state index is 0.0256. The van der Waals surface area contributed by atoms with Crippen LogP contribution in [-0.4, -0.2) is 39.0 Å². The quantitative estimate of drug-likeness (QED) is 0.549. The number of aromatic nitrogens is 2. The number of halogens is 1. The summed E-state index contributed by atoms with van der Waals surface area (Å²) in [5.74, 6) is -0.409. The van der Waals surface area contributed by atoms with Gasteiger partial charge in [0.15, 0.2) is 0 Å². The van der Waals surface area contributed by atoms with Crippen molar-refractivity contribution in [1.82, 2.24) is 14.6 Å². The molecule has 2 aromatic rings. The predicted molar refractivity (Wildman–Crippen MR) is 105 cm³/mol. The van der Waals surface area contributed by atoms with E-state index >= 15 is 0 Å². The van der Waals surface area contributed by atoms with Crippen LogP contribution in [0.5, 0.6) is 5.88 Å². The van der Waals surface area contributed by atoms with Crippen molar-refractivity contribution in [2.24, 2.45) is 5.10 Å². The van der Waals surface area contributed by atoms with Gasteiger partial charge in [-0.1, -0.05) is 12.8 Å². The lowest BCUT2D eigenvalue weighted by atomic mass is 10.2. The first-order valence-corrected chi connectivity index (χ1v) is 9.27. The molecule has 0 unspecified atom stereocenters. The molecule has 3 rings (SSSR count). The Morgan fingerprint density at radius 2 is 1.72 bits per heavy atom. The Balaban J connectivity index is 1.99. The Hall–Kier alpha value is -2.10. The van der Waals surface area contributed by atoms with E-state index in [1.807, 2.05) is 17.1 Å². The topological polar surface area (TPSA) is 90.7 Å². The smallest absolute Gasteiger partial charge is 0.335 e. The molecule has 0 amide bonds. The van der Waals surface area contributed by atoms with E-state index in [0.717, 1.165) is 34.1 Å². The van der Waals surface area contributed by atoms with Crippen LogP contribution in [0.4, 0.5) is 0 Å². The fourth-order valence-corrected chi connectivity index (χ4v) is 3.15. The first kappa shape index (κ1) is 17.7. The van der Waals surface area contributed by atoms with Crippen LogP contribution in [-0.2, 0) is 0 Å². The van der Waals surface area contributed by atoms with Crippen LogP contribution < -0.4 is 11.2 Å². The zero-order valence-corrected chi connectivity index (χ0v) is 15.8. The van der Waals surface area contributed by atoms with Crippen LogP contribution in [0.25, 0.3) is 5.69 Å². The third kappa shape index (κ3) is 4.12. The summed E-state index contributed by atoms with van der Waals surface area (Å²) in [6.07, 6.45) is 5.80. The summed E-state index contributed by atoms with van der Waals surface area (Å²) in [6, 6.07) is 7.05. The molecule has 25 heavy (non-hydrogen) atoms. The van der Waals surface area contributed by atoms with Gasteiger partial charge in [-0.2, -0.15) is 5.10 Å². The van der Waals surface area contributed by atoms with Crippen LogP contribution in [0.15, 0.2) is 39.0 Å². The minimum Gasteiger partial charge on any atom is -0.493 e. The molecule has 0 spiro atoms. The summed E-state index contributed by atoms with van der Waals surface area (Å²) in [5, 5.41) is 16.7. The van der Waals surface area contributed by atoms with E-state index in [1.54, 1.807) is 12.1 Å². The summed E-state index contributed by atoms with van der Waals surface area (Å²) in [6.45, 7) is 1.65. The number of nitrogens with zero attached hydrogens (tertiary/aromatic N) is 3. The predicted octanol–water partition coefficient (Wildman–Crippen LogP) is 2.05. The van der Waals surface area contributed by atoms with E-state index in [-0.39, 0.29) is 5.56 Å². The van der Waals surface area contributed by atoms with E-state index in [0.29, 0.717) is 5.69 Å². The zero-order valence-electron chi connectivity index (χ0n) is 13.6. The SMILES string of the molecule is O=c1[nH]c(=O)n(-c2ccc(I)cc2)c(O)c1/C=N/N1CCCCCC1. The molecular weight excluding hydrogens is 435 g/mol. The van der Waals surface area contributed by atoms with Crippen molar-refractivity contribution in [3.05, 3.63) is 54.2 Å². The van der Waals surface area contributed by atoms with Crippen LogP contribution in [0, 0.1) is 3.57 Å². The Labute approximate surface area is 158 Å². The monoisotopic (exact) mass is 454 g/mol. The Kier molecular flexibility index (Phi) is 5.57. The van der Waals surface area contributed by atoms with E-state index in [4.69, 9.17) is 0 Å². The third-order valence-corrected chi connectivity index (χ3v) is 4.86. The van der Waals surface area contributed by atoms with Gasteiger partial charge in [-0.15, -0.1) is 0 Å². The molecule has 1 fully saturated rings. The van der Waals surface area contributed by atoms with Gasteiger partial charge in [0.05, 0.1) is 11.9 Å². The molecule has 1 aliphatic rings. The summed E-state index contributed by atoms with van der Waals surface area (Å²) in [5.41, 5.74) is -0.885. The van der Waals surface area contributed by atoms with Gasteiger partial charge in [-0.25, -0.2) is 9.36 Å². The van der Waals surface area contributed by atoms with Crippen molar-refractivity contribution in [1.29, 1.82) is 0 Å². The Morgan fingerprint density at radius 3 is 2.36 bits per heavy atom. The maximum Gasteiger partial charge on any atom is 0.335 e. The Morgan fingerprint density at radius 1 is 1.08 bits per heavy atom. The summed E-state index contributed by atoms with van der Waals surface area (Å²) in [7, 11) is 0. The third-order valence-electron chi connectivity index (χ3n) is 4.14. The zero-order chi connectivity index (χ0) is 17.8. The van der Waals surface area contributed by atoms with Gasteiger partial charge in [0.2, 0.25) is 5.88 Å². The second kappa shape index (κ2) is 7.85. The standard InChI is InChI=1S/C17H19IN4O3/c18-12-5-7-13(8-6-12)22-16(24)14(15(23)20-17(22)25)11-19-21-9-3-1-2-4-10-21/h5-8,11,24H,1-4,9-10H2,(H,20,23,25)/b19-11+. The van der Waals surface area contributed by atoms with Crippen molar-refractivity contribution in [3.63, 3.8) is 0 Å². The highest BCUT2D eigenvalue weighted by Crippen LogP contribution is 2.17. The number of hydrazone groups is 1. The van der Waals surface area contributed by atoms with Crippen molar-refractivity contribution in [3.8, 4) is 11.6 Å². The molecule has 2 heterocycles. The molecule has 0 aliphatic carbocycles. The number of hydrogen-bond acceptors (Lipinski definition) is 5. The van der Waals surface area contributed by atoms with Crippen LogP contribution in [0.1, 0.15) is 31.2 Å². The molecule has 2 N–H and O–H groups in total. The lowest BCUT2D eigenvalue weighted by Crippen LogP contribution is -2.31. The van der Waals surface area contributed by atoms with Crippen molar-refractivity contribution < 1.29 is 5.11 Å². The molecule has 132 valence electrons. The van der Waals surface area contributed by atoms with Gasteiger partial charge in [0, 0.05) is 16.7 Å². The number of nitrogens with one attached hydrogen (secondary N) is 1. The normalized spacial score (nSPS) is 15.5. The van der Waals surface area contributed by atoms with E-state index < -0.39 is 17.1 Å². The molecule has 0 bridgehead atoms. The van der Waals surface area contributed by atoms with Crippen molar-refractivity contribution in [2.75, 3.05) is 13.1 Å². The molecule has 0 radical (unpaired) electrons. The molecule has 1 aromatic heterocycles. The van der Waals surface area contributed by atoms with Crippen molar-refractivity contribution in [2.45, 2.75) is 25.7 Å². The lowest BCUT2D eigenvalue weighted by molar-refractivity contribution is 0.302. The minimum atomic E-state index is -0.685. The second-order valence-corrected chi connectivity index (χ2v) is 7.17. The summed E-state index contributed by atoms with van der Waals surface area (Å²) >= 11 is 2.15. The van der Waals surface area contributed by atoms with E-state index in [1.165, 1.54) is 19.1 Å². The van der Waals surface area contributed by atoms with E-state index in [2.05, 4.69) is 32.7 Å². The van der Waals surface area contributed by atoms with Gasteiger partial charge in [0.1, 0.15) is 5.56 Å². The van der Waals surface area contributed by atoms with Gasteiger partial charge in [-0.05, 0) is 59.7 Å². The molecular formula is C17H19IN4O3. The number of benzene rings is 1. The number of rotatable bonds is 3. The van der Waals surface area contributed by atoms with Crippen LogP contribution >= 0.6 is 22.6 Å². The molecule has 0 atom stereocenters. The molecule has 1 aliphatic heterocycles. The number of H-pyrrole nitrogens is 1. The molecule has 1 saturated heterocycles. The fourth-order valence-electron chi connectivity index (χ4n) is 2.79. The van der Waals surface area contributed by atoms with Gasteiger partial charge >= 0.3 is 5.69 Å². The molecule has 0 saturated carbocycles. The van der Waals surface area contributed by atoms with Crippen LogP contribution in [0.3, 0.4) is 0 Å². The number of aromatic hydroxyl groups is 1. The maximum atomic E-state index is 12.1. The summed E-state index contributed by atoms with van der Waals surface area (Å²) < 4.78 is 2.07. The van der Waals surface area contributed by atoms with Gasteiger partial charge < -0.3 is 5.11 Å². The highest BCUT2D eigenvalue weighted by Gasteiger charge is 2.15. The Bertz CT molecular complexity index is 878. The largest absolute Gasteiger partial charge is 0.493 e. The highest BCUT2D eigenvalue weighted by atomic mass is 127. The molecule has 1 aromatic carbocycles. The lowest BCUT2D eigenvalue weighted by Gasteiger charge is -2.15. The number of aromatic amines is 1. The first-order valence-electron chi connectivity index (χ1n) is 8.19. The van der Waals surface area contributed by atoms with Gasteiger partial charge in [0.25, 0.3) is 5.56 Å². The molecule has 8 heteroatoms. The maximum absolute atomic E-state index is 12.1. The highest BCUT2D eigenvalue weighted by molar-refractivity contribution is 14.1. The average molecular weight is 454 g/mol. The molecule has 7 nitrogen and oxygen atoms in total. The van der Waals surface area contributed by atoms with E-state index in [9.17, 15) is 14.7 Å². The fraction of sp³-hybridized carbons (Fsp3) is 0.353. The first-order chi connectivity index (χ1) is 12.1. The number of hydrogen-bond donors (Lipinski definition) is 2. The summed E-state index contributed by atoms with van der Waals surface area (Å²) in [4.78, 5) is 26.5. The average Bonchev–Trinajstić information content (AvgIpc) is 2.85.